The van der Waals surface area contributed by atoms with Crippen molar-refractivity contribution in [1.29, 1.82) is 0 Å². The molecular formula is C14H17NOS. The number of benzene rings is 1. The monoisotopic (exact) mass is 247 g/mol. The van der Waals surface area contributed by atoms with Crippen LogP contribution in [0.3, 0.4) is 0 Å². The minimum Gasteiger partial charge on any atom is -0.486 e. The molecule has 90 valence electrons. The van der Waals surface area contributed by atoms with E-state index in [1.165, 1.54) is 10.4 Å². The highest BCUT2D eigenvalue weighted by Gasteiger charge is 2.04. The molecule has 0 aliphatic carbocycles. The lowest BCUT2D eigenvalue weighted by atomic mass is 10.2. The van der Waals surface area contributed by atoms with Crippen molar-refractivity contribution in [3.8, 4) is 5.75 Å². The van der Waals surface area contributed by atoms with E-state index in [-0.39, 0.29) is 0 Å². The zero-order valence-corrected chi connectivity index (χ0v) is 11.3. The maximum atomic E-state index is 5.75. The van der Waals surface area contributed by atoms with E-state index >= 15 is 0 Å². The second-order valence-corrected chi connectivity index (χ2v) is 5.33. The number of aromatic nitrogens is 1. The third-order valence-electron chi connectivity index (χ3n) is 2.74. The molecule has 0 bridgehead atoms. The first-order valence-corrected chi connectivity index (χ1v) is 6.65. The van der Waals surface area contributed by atoms with E-state index in [1.54, 1.807) is 11.3 Å². The van der Waals surface area contributed by atoms with Gasteiger partial charge in [0.2, 0.25) is 0 Å². The zero-order valence-electron chi connectivity index (χ0n) is 10.5. The fourth-order valence-corrected chi connectivity index (χ4v) is 2.45. The van der Waals surface area contributed by atoms with Crippen LogP contribution in [0.4, 0.5) is 0 Å². The highest BCUT2D eigenvalue weighted by molar-refractivity contribution is 7.11. The molecule has 3 heteroatoms. The van der Waals surface area contributed by atoms with Gasteiger partial charge in [-0.3, -0.25) is 0 Å². The summed E-state index contributed by atoms with van der Waals surface area (Å²) < 4.78 is 5.75. The number of aryl methyl sites for hydroxylation is 3. The Morgan fingerprint density at radius 2 is 2.12 bits per heavy atom. The Morgan fingerprint density at radius 3 is 2.76 bits per heavy atom. The van der Waals surface area contributed by atoms with E-state index in [0.717, 1.165) is 22.9 Å². The first-order chi connectivity index (χ1) is 8.19. The standard InChI is InChI=1S/C14H17NOS/c1-4-12-6-5-7-13(8-12)16-9-14-15-10(2)11(3)17-14/h5-8H,4,9H2,1-3H3. The van der Waals surface area contributed by atoms with Crippen LogP contribution < -0.4 is 4.74 Å². The summed E-state index contributed by atoms with van der Waals surface area (Å²) in [6, 6.07) is 8.23. The SMILES string of the molecule is CCc1cccc(OCc2nc(C)c(C)s2)c1. The van der Waals surface area contributed by atoms with Gasteiger partial charge in [-0.2, -0.15) is 0 Å². The van der Waals surface area contributed by atoms with Crippen molar-refractivity contribution < 1.29 is 4.74 Å². The third kappa shape index (κ3) is 3.07. The molecule has 0 spiro atoms. The molecule has 0 amide bonds. The van der Waals surface area contributed by atoms with Gasteiger partial charge in [0.15, 0.2) is 0 Å². The Hall–Kier alpha value is -1.35. The van der Waals surface area contributed by atoms with E-state index < -0.39 is 0 Å². The molecule has 0 saturated heterocycles. The van der Waals surface area contributed by atoms with Gasteiger partial charge >= 0.3 is 0 Å². The topological polar surface area (TPSA) is 22.1 Å². The molecular weight excluding hydrogens is 230 g/mol. The van der Waals surface area contributed by atoms with E-state index in [1.807, 2.05) is 19.1 Å². The highest BCUT2D eigenvalue weighted by Crippen LogP contribution is 2.19. The van der Waals surface area contributed by atoms with Crippen LogP contribution in [-0.2, 0) is 13.0 Å². The van der Waals surface area contributed by atoms with Crippen LogP contribution >= 0.6 is 11.3 Å². The fourth-order valence-electron chi connectivity index (χ4n) is 1.60. The molecule has 0 aliphatic rings. The molecule has 1 aromatic heterocycles. The Morgan fingerprint density at radius 1 is 1.29 bits per heavy atom. The van der Waals surface area contributed by atoms with Gasteiger partial charge in [0.05, 0.1) is 5.69 Å². The Labute approximate surface area is 106 Å². The molecule has 2 rings (SSSR count). The number of nitrogens with zero attached hydrogens (tertiary/aromatic N) is 1. The normalized spacial score (nSPS) is 10.5. The van der Waals surface area contributed by atoms with Gasteiger partial charge in [-0.1, -0.05) is 19.1 Å². The van der Waals surface area contributed by atoms with Crippen molar-refractivity contribution >= 4 is 11.3 Å². The molecule has 2 nitrogen and oxygen atoms in total. The summed E-state index contributed by atoms with van der Waals surface area (Å²) >= 11 is 1.71. The lowest BCUT2D eigenvalue weighted by molar-refractivity contribution is 0.305. The van der Waals surface area contributed by atoms with E-state index in [4.69, 9.17) is 4.74 Å². The van der Waals surface area contributed by atoms with E-state index in [2.05, 4.69) is 31.0 Å². The molecule has 0 aliphatic heterocycles. The quantitative estimate of drug-likeness (QED) is 0.817. The summed E-state index contributed by atoms with van der Waals surface area (Å²) in [4.78, 5) is 5.73. The molecule has 1 aromatic carbocycles. The predicted molar refractivity (Wildman–Crippen MR) is 71.7 cm³/mol. The predicted octanol–water partition coefficient (Wildman–Crippen LogP) is 3.90. The lowest BCUT2D eigenvalue weighted by Gasteiger charge is -2.05. The van der Waals surface area contributed by atoms with Crippen LogP contribution in [0.25, 0.3) is 0 Å². The Bertz CT molecular complexity index is 485. The summed E-state index contributed by atoms with van der Waals surface area (Å²) in [6.45, 7) is 6.83. The number of hydrogen-bond acceptors (Lipinski definition) is 3. The van der Waals surface area contributed by atoms with Gasteiger partial charge in [-0.05, 0) is 38.0 Å². The number of thiazole rings is 1. The molecule has 0 N–H and O–H groups in total. The summed E-state index contributed by atoms with van der Waals surface area (Å²) in [5.74, 6) is 0.926. The third-order valence-corrected chi connectivity index (χ3v) is 3.79. The van der Waals surface area contributed by atoms with Crippen LogP contribution in [0.1, 0.15) is 28.1 Å². The molecule has 0 saturated carbocycles. The maximum absolute atomic E-state index is 5.75. The van der Waals surface area contributed by atoms with Gasteiger partial charge in [0.1, 0.15) is 17.4 Å². The molecule has 0 radical (unpaired) electrons. The van der Waals surface area contributed by atoms with Gasteiger partial charge in [0, 0.05) is 4.88 Å². The minimum absolute atomic E-state index is 0.562. The van der Waals surface area contributed by atoms with Gasteiger partial charge in [0.25, 0.3) is 0 Å². The summed E-state index contributed by atoms with van der Waals surface area (Å²) in [5.41, 5.74) is 2.41. The van der Waals surface area contributed by atoms with Crippen LogP contribution in [0, 0.1) is 13.8 Å². The van der Waals surface area contributed by atoms with Crippen LogP contribution in [-0.4, -0.2) is 4.98 Å². The Kier molecular flexibility index (Phi) is 3.79. The second kappa shape index (κ2) is 5.32. The number of ether oxygens (including phenoxy) is 1. The Balaban J connectivity index is 2.01. The minimum atomic E-state index is 0.562. The number of hydrogen-bond donors (Lipinski definition) is 0. The summed E-state index contributed by atoms with van der Waals surface area (Å²) in [5, 5.41) is 1.04. The maximum Gasteiger partial charge on any atom is 0.140 e. The van der Waals surface area contributed by atoms with Gasteiger partial charge in [-0.25, -0.2) is 4.98 Å². The largest absolute Gasteiger partial charge is 0.486 e. The first-order valence-electron chi connectivity index (χ1n) is 5.83. The highest BCUT2D eigenvalue weighted by atomic mass is 32.1. The number of rotatable bonds is 4. The van der Waals surface area contributed by atoms with E-state index in [9.17, 15) is 0 Å². The van der Waals surface area contributed by atoms with Crippen molar-refractivity contribution in [2.24, 2.45) is 0 Å². The van der Waals surface area contributed by atoms with Crippen LogP contribution in [0.15, 0.2) is 24.3 Å². The molecule has 1 heterocycles. The van der Waals surface area contributed by atoms with Crippen molar-refractivity contribution in [2.45, 2.75) is 33.8 Å². The molecule has 2 aromatic rings. The molecule has 0 unspecified atom stereocenters. The van der Waals surface area contributed by atoms with Gasteiger partial charge < -0.3 is 4.74 Å². The lowest BCUT2D eigenvalue weighted by Crippen LogP contribution is -1.95. The van der Waals surface area contributed by atoms with Crippen molar-refractivity contribution in [3.63, 3.8) is 0 Å². The average molecular weight is 247 g/mol. The summed E-state index contributed by atoms with van der Waals surface area (Å²) in [7, 11) is 0. The average Bonchev–Trinajstić information content (AvgIpc) is 2.67. The van der Waals surface area contributed by atoms with Crippen molar-refractivity contribution in [1.82, 2.24) is 4.98 Å². The summed E-state index contributed by atoms with van der Waals surface area (Å²) in [6.07, 6.45) is 1.03. The second-order valence-electron chi connectivity index (χ2n) is 4.04. The van der Waals surface area contributed by atoms with Crippen LogP contribution in [0.2, 0.25) is 0 Å². The van der Waals surface area contributed by atoms with E-state index in [0.29, 0.717) is 6.61 Å². The zero-order chi connectivity index (χ0) is 12.3. The molecule has 0 atom stereocenters. The first kappa shape index (κ1) is 12.1. The van der Waals surface area contributed by atoms with Gasteiger partial charge in [-0.15, -0.1) is 11.3 Å². The van der Waals surface area contributed by atoms with Crippen molar-refractivity contribution in [2.75, 3.05) is 0 Å². The van der Waals surface area contributed by atoms with Crippen LogP contribution in [0.5, 0.6) is 5.75 Å². The molecule has 0 fully saturated rings. The molecule has 17 heavy (non-hydrogen) atoms. The smallest absolute Gasteiger partial charge is 0.140 e. The van der Waals surface area contributed by atoms with Crippen molar-refractivity contribution in [3.05, 3.63) is 45.4 Å². The fraction of sp³-hybridized carbons (Fsp3) is 0.357.